The van der Waals surface area contributed by atoms with Crippen molar-refractivity contribution in [1.82, 2.24) is 0 Å². The van der Waals surface area contributed by atoms with Crippen molar-refractivity contribution in [2.45, 2.75) is 25.9 Å². The van der Waals surface area contributed by atoms with Crippen LogP contribution in [0, 0.1) is 11.3 Å². The highest BCUT2D eigenvalue weighted by atomic mass is 32.3. The summed E-state index contributed by atoms with van der Waals surface area (Å²) in [6, 6.07) is 0. The minimum absolute atomic E-state index is 0.306. The van der Waals surface area contributed by atoms with Crippen molar-refractivity contribution in [3.05, 3.63) is 0 Å². The Bertz CT molecular complexity index is 313. The first-order valence-electron chi connectivity index (χ1n) is 4.01. The highest BCUT2D eigenvalue weighted by molar-refractivity contribution is 7.86. The average molecular weight is 234 g/mol. The molecule has 7 heteroatoms. The molecule has 0 aromatic rings. The molecule has 0 N–H and O–H groups in total. The molecule has 0 aromatic heterocycles. The van der Waals surface area contributed by atoms with Gasteiger partial charge < -0.3 is 0 Å². The van der Waals surface area contributed by atoms with Crippen LogP contribution in [0.15, 0.2) is 0 Å². The maximum absolute atomic E-state index is 12.2. The SMILES string of the molecule is CC1(CS(=O)(=O)F)CC(C(F)(F)F)C1. The minimum atomic E-state index is -4.68. The van der Waals surface area contributed by atoms with Crippen molar-refractivity contribution >= 4 is 10.2 Å². The Kier molecular flexibility index (Phi) is 2.58. The Morgan fingerprint density at radius 1 is 1.36 bits per heavy atom. The van der Waals surface area contributed by atoms with Gasteiger partial charge in [0, 0.05) is 0 Å². The van der Waals surface area contributed by atoms with Gasteiger partial charge in [-0.05, 0) is 18.3 Å². The lowest BCUT2D eigenvalue weighted by molar-refractivity contribution is -0.216. The Morgan fingerprint density at radius 2 is 1.79 bits per heavy atom. The summed E-state index contributed by atoms with van der Waals surface area (Å²) in [6.07, 6.45) is -4.90. The van der Waals surface area contributed by atoms with Crippen LogP contribution in [0.2, 0.25) is 0 Å². The standard InChI is InChI=1S/C7H10F4O2S/c1-6(4-14(11,12)13)2-5(3-6)7(8,9)10/h5H,2-4H2,1H3. The Hall–Kier alpha value is -0.330. The molecule has 2 nitrogen and oxygen atoms in total. The molecule has 0 saturated heterocycles. The molecular formula is C7H10F4O2S. The second-order valence-corrected chi connectivity index (χ2v) is 5.51. The molecule has 0 heterocycles. The van der Waals surface area contributed by atoms with Crippen LogP contribution in [0.1, 0.15) is 19.8 Å². The van der Waals surface area contributed by atoms with E-state index in [0.29, 0.717) is 0 Å². The third-order valence-corrected chi connectivity index (χ3v) is 3.50. The van der Waals surface area contributed by atoms with E-state index < -0.39 is 33.5 Å². The topological polar surface area (TPSA) is 34.1 Å². The van der Waals surface area contributed by atoms with Crippen molar-refractivity contribution in [2.75, 3.05) is 5.75 Å². The molecule has 0 amide bonds. The van der Waals surface area contributed by atoms with Gasteiger partial charge in [0.2, 0.25) is 0 Å². The first-order chi connectivity index (χ1) is 6.02. The van der Waals surface area contributed by atoms with E-state index in [2.05, 4.69) is 0 Å². The first-order valence-corrected chi connectivity index (χ1v) is 5.56. The summed E-state index contributed by atoms with van der Waals surface area (Å²) in [5, 5.41) is 0. The molecule has 1 saturated carbocycles. The quantitative estimate of drug-likeness (QED) is 0.542. The van der Waals surface area contributed by atoms with Gasteiger partial charge in [-0.3, -0.25) is 0 Å². The molecule has 84 valence electrons. The van der Waals surface area contributed by atoms with Gasteiger partial charge in [0.15, 0.2) is 0 Å². The largest absolute Gasteiger partial charge is 0.391 e. The van der Waals surface area contributed by atoms with E-state index in [1.54, 1.807) is 0 Å². The average Bonchev–Trinajstić information content (AvgIpc) is 1.75. The lowest BCUT2D eigenvalue weighted by Crippen LogP contribution is -2.45. The molecule has 0 aromatic carbocycles. The molecule has 0 unspecified atom stereocenters. The second-order valence-electron chi connectivity index (χ2n) is 4.14. The lowest BCUT2D eigenvalue weighted by atomic mass is 9.64. The van der Waals surface area contributed by atoms with E-state index in [1.165, 1.54) is 6.92 Å². The Labute approximate surface area is 79.5 Å². The van der Waals surface area contributed by atoms with Gasteiger partial charge in [-0.1, -0.05) is 6.92 Å². The number of hydrogen-bond acceptors (Lipinski definition) is 2. The van der Waals surface area contributed by atoms with Gasteiger partial charge in [0.1, 0.15) is 0 Å². The summed E-state index contributed by atoms with van der Waals surface area (Å²) in [4.78, 5) is 0. The molecule has 0 aliphatic heterocycles. The van der Waals surface area contributed by atoms with Crippen molar-refractivity contribution < 1.29 is 25.5 Å². The van der Waals surface area contributed by atoms with Crippen molar-refractivity contribution in [3.8, 4) is 0 Å². The van der Waals surface area contributed by atoms with E-state index in [1.807, 2.05) is 0 Å². The zero-order valence-corrected chi connectivity index (χ0v) is 8.25. The van der Waals surface area contributed by atoms with E-state index in [9.17, 15) is 25.5 Å². The monoisotopic (exact) mass is 234 g/mol. The van der Waals surface area contributed by atoms with Crippen LogP contribution < -0.4 is 0 Å². The normalized spacial score (nSPS) is 33.9. The summed E-state index contributed by atoms with van der Waals surface area (Å²) in [5.74, 6) is -2.29. The summed E-state index contributed by atoms with van der Waals surface area (Å²) < 4.78 is 68.8. The molecule has 1 rings (SSSR count). The predicted molar refractivity (Wildman–Crippen MR) is 41.8 cm³/mol. The van der Waals surface area contributed by atoms with E-state index in [4.69, 9.17) is 0 Å². The van der Waals surface area contributed by atoms with Gasteiger partial charge in [-0.2, -0.15) is 21.6 Å². The van der Waals surface area contributed by atoms with E-state index in [0.717, 1.165) is 0 Å². The maximum atomic E-state index is 12.2. The predicted octanol–water partition coefficient (Wildman–Crippen LogP) is 2.26. The fraction of sp³-hybridized carbons (Fsp3) is 1.00. The zero-order valence-electron chi connectivity index (χ0n) is 7.44. The summed E-state index contributed by atoms with van der Waals surface area (Å²) >= 11 is 0. The first kappa shape index (κ1) is 11.7. The van der Waals surface area contributed by atoms with E-state index in [-0.39, 0.29) is 12.8 Å². The van der Waals surface area contributed by atoms with Crippen LogP contribution in [0.4, 0.5) is 17.1 Å². The third-order valence-electron chi connectivity index (χ3n) is 2.46. The second kappa shape index (κ2) is 3.08. The fourth-order valence-electron chi connectivity index (χ4n) is 1.90. The number of halogens is 4. The van der Waals surface area contributed by atoms with Crippen LogP contribution in [-0.4, -0.2) is 20.3 Å². The molecule has 0 bridgehead atoms. The third kappa shape index (κ3) is 2.83. The maximum Gasteiger partial charge on any atom is 0.391 e. The Balaban J connectivity index is 2.54. The zero-order chi connectivity index (χ0) is 11.2. The molecular weight excluding hydrogens is 224 g/mol. The van der Waals surface area contributed by atoms with Gasteiger partial charge in [-0.15, -0.1) is 3.89 Å². The van der Waals surface area contributed by atoms with Crippen LogP contribution in [0.25, 0.3) is 0 Å². The van der Waals surface area contributed by atoms with Gasteiger partial charge in [-0.25, -0.2) is 0 Å². The van der Waals surface area contributed by atoms with E-state index >= 15 is 0 Å². The molecule has 1 aliphatic rings. The van der Waals surface area contributed by atoms with Gasteiger partial charge >= 0.3 is 16.4 Å². The van der Waals surface area contributed by atoms with Crippen molar-refractivity contribution in [2.24, 2.45) is 11.3 Å². The lowest BCUT2D eigenvalue weighted by Gasteiger charge is -2.44. The van der Waals surface area contributed by atoms with Crippen molar-refractivity contribution in [3.63, 3.8) is 0 Å². The molecule has 0 atom stereocenters. The van der Waals surface area contributed by atoms with Gasteiger partial charge in [0.25, 0.3) is 0 Å². The van der Waals surface area contributed by atoms with Crippen molar-refractivity contribution in [1.29, 1.82) is 0 Å². The molecule has 1 aliphatic carbocycles. The van der Waals surface area contributed by atoms with Crippen LogP contribution in [0.3, 0.4) is 0 Å². The van der Waals surface area contributed by atoms with Crippen LogP contribution in [0.5, 0.6) is 0 Å². The highest BCUT2D eigenvalue weighted by Gasteiger charge is 2.54. The summed E-state index contributed by atoms with van der Waals surface area (Å²) in [5.41, 5.74) is -1.05. The minimum Gasteiger partial charge on any atom is -0.195 e. The van der Waals surface area contributed by atoms with Crippen LogP contribution in [-0.2, 0) is 10.2 Å². The summed E-state index contributed by atoms with van der Waals surface area (Å²) in [7, 11) is -4.68. The highest BCUT2D eigenvalue weighted by Crippen LogP contribution is 2.52. The molecule has 1 fully saturated rings. The van der Waals surface area contributed by atoms with Crippen LogP contribution >= 0.6 is 0 Å². The van der Waals surface area contributed by atoms with Gasteiger partial charge in [0.05, 0.1) is 11.7 Å². The number of rotatable bonds is 2. The number of hydrogen-bond donors (Lipinski definition) is 0. The smallest absolute Gasteiger partial charge is 0.195 e. The molecule has 0 spiro atoms. The molecule has 0 radical (unpaired) electrons. The summed E-state index contributed by atoms with van der Waals surface area (Å²) in [6.45, 7) is 1.35. The molecule has 14 heavy (non-hydrogen) atoms. The fourth-order valence-corrected chi connectivity index (χ4v) is 2.96. The Morgan fingerprint density at radius 3 is 2.07 bits per heavy atom. The number of alkyl halides is 3.